The van der Waals surface area contributed by atoms with Crippen LogP contribution in [0.2, 0.25) is 0 Å². The van der Waals surface area contributed by atoms with Crippen LogP contribution in [0.4, 0.5) is 23.4 Å². The Hall–Kier alpha value is -3.30. The molecule has 0 aliphatic heterocycles. The van der Waals surface area contributed by atoms with Crippen molar-refractivity contribution in [2.45, 2.75) is 37.8 Å². The molecule has 3 heterocycles. The fourth-order valence-corrected chi connectivity index (χ4v) is 4.35. The molecule has 1 aliphatic carbocycles. The molecule has 0 radical (unpaired) electrons. The van der Waals surface area contributed by atoms with Crippen LogP contribution in [0.5, 0.6) is 0 Å². The van der Waals surface area contributed by atoms with E-state index < -0.39 is 46.2 Å². The molecule has 3 aromatic heterocycles. The summed E-state index contributed by atoms with van der Waals surface area (Å²) in [6, 6.07) is 2.75. The standard InChI is InChI=1S/C21H21F4N5O5S/c22-16-5-12(10-34-36(26,32)33)6-17(16)29-20-15(7-27-11-28-20)19(31)13-3-4-30(8-13)9-14-1-2-18(35-14)21(23,24)25/h1-4,7-8,11-12,16-17H,5-6,9-10H2,(H2,26,32,33)(H,27,28,29)/t12-,16+,17-/m1/s1. The molecule has 0 spiro atoms. The maximum absolute atomic E-state index is 14.6. The van der Waals surface area contributed by atoms with Crippen LogP contribution in [0.25, 0.3) is 0 Å². The lowest BCUT2D eigenvalue weighted by Crippen LogP contribution is -2.27. The van der Waals surface area contributed by atoms with E-state index in [1.54, 1.807) is 0 Å². The van der Waals surface area contributed by atoms with Gasteiger partial charge < -0.3 is 14.3 Å². The molecule has 1 aliphatic rings. The number of carbonyl (C=O) groups excluding carboxylic acids is 1. The molecule has 0 saturated heterocycles. The van der Waals surface area contributed by atoms with E-state index in [-0.39, 0.29) is 48.7 Å². The van der Waals surface area contributed by atoms with Crippen molar-refractivity contribution in [3.8, 4) is 0 Å². The van der Waals surface area contributed by atoms with Gasteiger partial charge >= 0.3 is 16.5 Å². The van der Waals surface area contributed by atoms with Gasteiger partial charge in [-0.15, -0.1) is 0 Å². The van der Waals surface area contributed by atoms with Crippen molar-refractivity contribution in [3.05, 3.63) is 65.8 Å². The Morgan fingerprint density at radius 1 is 1.28 bits per heavy atom. The minimum Gasteiger partial charge on any atom is -0.455 e. The highest BCUT2D eigenvalue weighted by Crippen LogP contribution is 2.32. The van der Waals surface area contributed by atoms with Crippen LogP contribution < -0.4 is 10.5 Å². The third-order valence-corrected chi connectivity index (χ3v) is 6.09. The second-order valence-electron chi connectivity index (χ2n) is 8.33. The molecule has 194 valence electrons. The number of nitrogens with one attached hydrogen (secondary N) is 1. The minimum atomic E-state index is -4.60. The summed E-state index contributed by atoms with van der Waals surface area (Å²) < 4.78 is 85.6. The topological polar surface area (TPSA) is 142 Å². The van der Waals surface area contributed by atoms with Gasteiger partial charge in [-0.3, -0.25) is 8.98 Å². The molecule has 0 bridgehead atoms. The smallest absolute Gasteiger partial charge is 0.449 e. The van der Waals surface area contributed by atoms with Crippen LogP contribution in [0.3, 0.4) is 0 Å². The van der Waals surface area contributed by atoms with Gasteiger partial charge in [0, 0.05) is 24.2 Å². The number of hydrogen-bond donors (Lipinski definition) is 2. The monoisotopic (exact) mass is 531 g/mol. The highest BCUT2D eigenvalue weighted by molar-refractivity contribution is 7.84. The highest BCUT2D eigenvalue weighted by atomic mass is 32.2. The van der Waals surface area contributed by atoms with Crippen molar-refractivity contribution in [2.24, 2.45) is 11.1 Å². The molecule has 1 saturated carbocycles. The summed E-state index contributed by atoms with van der Waals surface area (Å²) >= 11 is 0. The van der Waals surface area contributed by atoms with E-state index in [2.05, 4.69) is 19.5 Å². The first kappa shape index (κ1) is 25.8. The van der Waals surface area contributed by atoms with Gasteiger partial charge in [0.05, 0.1) is 24.8 Å². The largest absolute Gasteiger partial charge is 0.455 e. The van der Waals surface area contributed by atoms with Gasteiger partial charge in [0.15, 0.2) is 5.78 Å². The van der Waals surface area contributed by atoms with Crippen LogP contribution in [0, 0.1) is 5.92 Å². The highest BCUT2D eigenvalue weighted by Gasteiger charge is 2.36. The van der Waals surface area contributed by atoms with Crippen LogP contribution in [0.1, 0.15) is 40.3 Å². The minimum absolute atomic E-state index is 0.0344. The molecule has 3 aromatic rings. The average Bonchev–Trinajstić information content (AvgIpc) is 3.53. The number of anilines is 1. The molecule has 10 nitrogen and oxygen atoms in total. The van der Waals surface area contributed by atoms with Crippen molar-refractivity contribution in [1.82, 2.24) is 14.5 Å². The Balaban J connectivity index is 1.44. The van der Waals surface area contributed by atoms with E-state index in [1.807, 2.05) is 0 Å². The Kier molecular flexibility index (Phi) is 7.15. The summed E-state index contributed by atoms with van der Waals surface area (Å²) in [4.78, 5) is 21.0. The first-order valence-electron chi connectivity index (χ1n) is 10.6. The summed E-state index contributed by atoms with van der Waals surface area (Å²) in [6.07, 6.45) is -0.313. The van der Waals surface area contributed by atoms with Crippen molar-refractivity contribution in [1.29, 1.82) is 0 Å². The van der Waals surface area contributed by atoms with Gasteiger partial charge in [-0.1, -0.05) is 0 Å². The van der Waals surface area contributed by atoms with Gasteiger partial charge in [0.1, 0.15) is 24.1 Å². The maximum atomic E-state index is 14.6. The number of nitrogens with two attached hydrogens (primary N) is 1. The van der Waals surface area contributed by atoms with E-state index in [0.717, 1.165) is 6.07 Å². The SMILES string of the molecule is NS(=O)(=O)OC[C@@H]1C[C@H](F)[C@H](Nc2ncncc2C(=O)c2ccn(Cc3ccc(C(F)(F)F)o3)c2)C1. The number of hydrogen-bond acceptors (Lipinski definition) is 8. The summed E-state index contributed by atoms with van der Waals surface area (Å²) in [5.41, 5.74) is 0.266. The fraction of sp³-hybridized carbons (Fsp3) is 0.381. The summed E-state index contributed by atoms with van der Waals surface area (Å²) in [6.45, 7) is -0.298. The van der Waals surface area contributed by atoms with Crippen LogP contribution in [-0.2, 0) is 27.2 Å². The lowest BCUT2D eigenvalue weighted by atomic mass is 10.1. The first-order valence-corrected chi connectivity index (χ1v) is 12.1. The normalized spacial score (nSPS) is 20.5. The number of ketones is 1. The Bertz CT molecular complexity index is 1340. The summed E-state index contributed by atoms with van der Waals surface area (Å²) in [7, 11) is -4.14. The molecule has 15 heteroatoms. The number of furan rings is 1. The zero-order chi connectivity index (χ0) is 26.1. The molecular formula is C21H21F4N5O5S. The predicted octanol–water partition coefficient (Wildman–Crippen LogP) is 2.92. The average molecular weight is 531 g/mol. The number of alkyl halides is 4. The van der Waals surface area contributed by atoms with Crippen LogP contribution in [-0.4, -0.2) is 47.6 Å². The van der Waals surface area contributed by atoms with E-state index >= 15 is 0 Å². The van der Waals surface area contributed by atoms with Crippen molar-refractivity contribution >= 4 is 21.9 Å². The van der Waals surface area contributed by atoms with Gasteiger partial charge in [-0.25, -0.2) is 19.5 Å². The molecular weight excluding hydrogens is 510 g/mol. The molecule has 36 heavy (non-hydrogen) atoms. The number of aromatic nitrogens is 3. The Labute approximate surface area is 202 Å². The molecule has 3 N–H and O–H groups in total. The zero-order valence-corrected chi connectivity index (χ0v) is 19.3. The van der Waals surface area contributed by atoms with Gasteiger partial charge in [-0.2, -0.15) is 21.6 Å². The Morgan fingerprint density at radius 2 is 2.06 bits per heavy atom. The van der Waals surface area contributed by atoms with Crippen LogP contribution >= 0.6 is 0 Å². The number of carbonyl (C=O) groups is 1. The zero-order valence-electron chi connectivity index (χ0n) is 18.5. The van der Waals surface area contributed by atoms with Crippen molar-refractivity contribution < 1.29 is 39.4 Å². The third kappa shape index (κ3) is 6.27. The Morgan fingerprint density at radius 3 is 2.75 bits per heavy atom. The predicted molar refractivity (Wildman–Crippen MR) is 117 cm³/mol. The molecule has 0 amide bonds. The maximum Gasteiger partial charge on any atom is 0.449 e. The molecule has 3 atom stereocenters. The quantitative estimate of drug-likeness (QED) is 0.317. The van der Waals surface area contributed by atoms with E-state index in [4.69, 9.17) is 9.56 Å². The van der Waals surface area contributed by atoms with Gasteiger partial charge in [0.2, 0.25) is 5.76 Å². The summed E-state index contributed by atoms with van der Waals surface area (Å²) in [5, 5.41) is 7.70. The first-order chi connectivity index (χ1) is 16.9. The molecule has 0 unspecified atom stereocenters. The van der Waals surface area contributed by atoms with Crippen LogP contribution in [0.15, 0.2) is 47.5 Å². The molecule has 0 aromatic carbocycles. The fourth-order valence-electron chi connectivity index (χ4n) is 3.97. The van der Waals surface area contributed by atoms with Crippen molar-refractivity contribution in [3.63, 3.8) is 0 Å². The van der Waals surface area contributed by atoms with E-state index in [9.17, 15) is 30.8 Å². The van der Waals surface area contributed by atoms with Gasteiger partial charge in [-0.05, 0) is 37.0 Å². The lowest BCUT2D eigenvalue weighted by molar-refractivity contribution is -0.153. The third-order valence-electron chi connectivity index (χ3n) is 5.62. The van der Waals surface area contributed by atoms with Crippen molar-refractivity contribution in [2.75, 3.05) is 11.9 Å². The van der Waals surface area contributed by atoms with Gasteiger partial charge in [0.25, 0.3) is 0 Å². The lowest BCUT2D eigenvalue weighted by Gasteiger charge is -2.17. The van der Waals surface area contributed by atoms with E-state index in [0.29, 0.717) is 0 Å². The second-order valence-corrected chi connectivity index (χ2v) is 9.55. The number of halogens is 4. The number of nitrogens with zero attached hydrogens (tertiary/aromatic N) is 3. The molecule has 4 rings (SSSR count). The number of rotatable bonds is 9. The van der Waals surface area contributed by atoms with E-state index in [1.165, 1.54) is 41.6 Å². The molecule has 1 fully saturated rings. The second kappa shape index (κ2) is 9.99. The summed E-state index contributed by atoms with van der Waals surface area (Å²) in [5.74, 6) is -1.88.